The van der Waals surface area contributed by atoms with E-state index in [0.717, 1.165) is 13.0 Å². The molecule has 0 bridgehead atoms. The van der Waals surface area contributed by atoms with E-state index in [1.807, 2.05) is 0 Å². The summed E-state index contributed by atoms with van der Waals surface area (Å²) in [7, 11) is 0. The standard InChI is InChI=1S/C9H15N/c1-9(2)10-7-5-3-4-6-8-10/h9H,3,5,7-8H2,1-2H3. The summed E-state index contributed by atoms with van der Waals surface area (Å²) in [4.78, 5) is 2.42. The van der Waals surface area contributed by atoms with Crippen LogP contribution in [-0.2, 0) is 0 Å². The van der Waals surface area contributed by atoms with Crippen molar-refractivity contribution in [2.24, 2.45) is 0 Å². The molecule has 1 aliphatic rings. The zero-order chi connectivity index (χ0) is 7.40. The molecule has 0 radical (unpaired) electrons. The molecule has 0 aromatic heterocycles. The van der Waals surface area contributed by atoms with E-state index in [1.165, 1.54) is 13.0 Å². The van der Waals surface area contributed by atoms with Gasteiger partial charge in [-0.15, -0.1) is 5.92 Å². The van der Waals surface area contributed by atoms with Gasteiger partial charge in [0.25, 0.3) is 0 Å². The first-order chi connectivity index (χ1) is 4.80. The van der Waals surface area contributed by atoms with Crippen molar-refractivity contribution in [3.63, 3.8) is 0 Å². The summed E-state index contributed by atoms with van der Waals surface area (Å²) in [5.41, 5.74) is 0. The van der Waals surface area contributed by atoms with E-state index in [0.29, 0.717) is 6.04 Å². The topological polar surface area (TPSA) is 3.24 Å². The van der Waals surface area contributed by atoms with Gasteiger partial charge in [-0.05, 0) is 20.3 Å². The maximum Gasteiger partial charge on any atom is 0.0603 e. The maximum atomic E-state index is 3.15. The minimum Gasteiger partial charge on any atom is -0.290 e. The Bertz CT molecular complexity index is 150. The molecule has 0 atom stereocenters. The second-order valence-corrected chi connectivity index (χ2v) is 3.02. The third-order valence-corrected chi connectivity index (χ3v) is 1.88. The van der Waals surface area contributed by atoms with E-state index in [-0.39, 0.29) is 0 Å². The fourth-order valence-electron chi connectivity index (χ4n) is 1.14. The lowest BCUT2D eigenvalue weighted by atomic mass is 10.3. The Morgan fingerprint density at radius 3 is 2.80 bits per heavy atom. The van der Waals surface area contributed by atoms with Gasteiger partial charge in [0.15, 0.2) is 0 Å². The van der Waals surface area contributed by atoms with Gasteiger partial charge >= 0.3 is 0 Å². The molecule has 0 spiro atoms. The summed E-state index contributed by atoms with van der Waals surface area (Å²) in [5, 5.41) is 0. The average Bonchev–Trinajstić information content (AvgIpc) is 2.12. The summed E-state index contributed by atoms with van der Waals surface area (Å²) in [6, 6.07) is 0.660. The largest absolute Gasteiger partial charge is 0.290 e. The van der Waals surface area contributed by atoms with Crippen LogP contribution in [-0.4, -0.2) is 24.0 Å². The molecule has 0 aromatic rings. The molecule has 56 valence electrons. The molecular weight excluding hydrogens is 122 g/mol. The van der Waals surface area contributed by atoms with Crippen LogP contribution in [0.1, 0.15) is 26.7 Å². The molecule has 0 unspecified atom stereocenters. The molecule has 0 N–H and O–H groups in total. The zero-order valence-corrected chi connectivity index (χ0v) is 6.85. The fourth-order valence-corrected chi connectivity index (χ4v) is 1.14. The average molecular weight is 137 g/mol. The fraction of sp³-hybridized carbons (Fsp3) is 0.778. The minimum atomic E-state index is 0.660. The monoisotopic (exact) mass is 137 g/mol. The third kappa shape index (κ3) is 2.04. The highest BCUT2D eigenvalue weighted by molar-refractivity contribution is 5.03. The molecule has 1 heteroatoms. The summed E-state index contributed by atoms with van der Waals surface area (Å²) in [6.45, 7) is 6.63. The van der Waals surface area contributed by atoms with Crippen LogP contribution in [0.25, 0.3) is 0 Å². The van der Waals surface area contributed by atoms with Crippen molar-refractivity contribution < 1.29 is 0 Å². The molecule has 0 saturated heterocycles. The predicted octanol–water partition coefficient (Wildman–Crippen LogP) is 1.49. The van der Waals surface area contributed by atoms with Gasteiger partial charge in [-0.1, -0.05) is 5.92 Å². The SMILES string of the molecule is CC(C)N1CC#CCCC1. The van der Waals surface area contributed by atoms with E-state index in [2.05, 4.69) is 30.6 Å². The molecule has 1 nitrogen and oxygen atoms in total. The summed E-state index contributed by atoms with van der Waals surface area (Å²) in [5.74, 6) is 6.30. The van der Waals surface area contributed by atoms with Crippen LogP contribution in [0.5, 0.6) is 0 Å². The number of hydrogen-bond donors (Lipinski definition) is 0. The number of nitrogens with zero attached hydrogens (tertiary/aromatic N) is 1. The second-order valence-electron chi connectivity index (χ2n) is 3.02. The maximum absolute atomic E-state index is 3.15. The first-order valence-electron chi connectivity index (χ1n) is 4.00. The molecule has 0 saturated carbocycles. The smallest absolute Gasteiger partial charge is 0.0603 e. The lowest BCUT2D eigenvalue weighted by Crippen LogP contribution is -2.31. The molecule has 1 aliphatic heterocycles. The van der Waals surface area contributed by atoms with Crippen molar-refractivity contribution in [3.05, 3.63) is 0 Å². The van der Waals surface area contributed by atoms with E-state index in [9.17, 15) is 0 Å². The highest BCUT2D eigenvalue weighted by Crippen LogP contribution is 2.02. The van der Waals surface area contributed by atoms with Crippen molar-refractivity contribution in [2.75, 3.05) is 13.1 Å². The van der Waals surface area contributed by atoms with Crippen LogP contribution in [0.3, 0.4) is 0 Å². The lowest BCUT2D eigenvalue weighted by molar-refractivity contribution is 0.251. The molecule has 0 aromatic carbocycles. The van der Waals surface area contributed by atoms with Gasteiger partial charge in [0.1, 0.15) is 0 Å². The Morgan fingerprint density at radius 1 is 1.30 bits per heavy atom. The minimum absolute atomic E-state index is 0.660. The van der Waals surface area contributed by atoms with Crippen LogP contribution in [0.15, 0.2) is 0 Å². The first kappa shape index (κ1) is 7.63. The lowest BCUT2D eigenvalue weighted by Gasteiger charge is -2.22. The van der Waals surface area contributed by atoms with Gasteiger partial charge in [-0.25, -0.2) is 0 Å². The molecule has 1 rings (SSSR count). The van der Waals surface area contributed by atoms with Crippen LogP contribution in [0, 0.1) is 11.8 Å². The normalized spacial score (nSPS) is 19.9. The van der Waals surface area contributed by atoms with Crippen molar-refractivity contribution in [1.29, 1.82) is 0 Å². The van der Waals surface area contributed by atoms with E-state index in [4.69, 9.17) is 0 Å². The molecule has 1 heterocycles. The summed E-state index contributed by atoms with van der Waals surface area (Å²) in [6.07, 6.45) is 2.33. The zero-order valence-electron chi connectivity index (χ0n) is 6.85. The number of hydrogen-bond acceptors (Lipinski definition) is 1. The molecule has 0 aliphatic carbocycles. The van der Waals surface area contributed by atoms with Crippen molar-refractivity contribution in [1.82, 2.24) is 4.90 Å². The summed E-state index contributed by atoms with van der Waals surface area (Å²) >= 11 is 0. The molecule has 0 fully saturated rings. The van der Waals surface area contributed by atoms with Crippen molar-refractivity contribution in [3.8, 4) is 11.8 Å². The Labute approximate surface area is 63.4 Å². The third-order valence-electron chi connectivity index (χ3n) is 1.88. The molecule has 10 heavy (non-hydrogen) atoms. The Balaban J connectivity index is 2.40. The van der Waals surface area contributed by atoms with Gasteiger partial charge in [0, 0.05) is 19.0 Å². The Morgan fingerprint density at radius 2 is 2.10 bits per heavy atom. The predicted molar refractivity (Wildman–Crippen MR) is 43.7 cm³/mol. The highest BCUT2D eigenvalue weighted by Gasteiger charge is 2.07. The van der Waals surface area contributed by atoms with E-state index < -0.39 is 0 Å². The van der Waals surface area contributed by atoms with Crippen molar-refractivity contribution in [2.45, 2.75) is 32.7 Å². The quantitative estimate of drug-likeness (QED) is 0.495. The van der Waals surface area contributed by atoms with Crippen LogP contribution >= 0.6 is 0 Å². The van der Waals surface area contributed by atoms with Crippen LogP contribution in [0.2, 0.25) is 0 Å². The van der Waals surface area contributed by atoms with Gasteiger partial charge in [0.2, 0.25) is 0 Å². The summed E-state index contributed by atoms with van der Waals surface area (Å²) < 4.78 is 0. The highest BCUT2D eigenvalue weighted by atomic mass is 15.1. The van der Waals surface area contributed by atoms with E-state index >= 15 is 0 Å². The van der Waals surface area contributed by atoms with Gasteiger partial charge in [0.05, 0.1) is 6.54 Å². The Hall–Kier alpha value is -0.480. The van der Waals surface area contributed by atoms with Crippen LogP contribution < -0.4 is 0 Å². The molecule has 0 amide bonds. The van der Waals surface area contributed by atoms with Crippen molar-refractivity contribution >= 4 is 0 Å². The van der Waals surface area contributed by atoms with Gasteiger partial charge in [-0.2, -0.15) is 0 Å². The second kappa shape index (κ2) is 3.63. The van der Waals surface area contributed by atoms with Gasteiger partial charge in [-0.3, -0.25) is 4.90 Å². The van der Waals surface area contributed by atoms with E-state index in [1.54, 1.807) is 0 Å². The van der Waals surface area contributed by atoms with Gasteiger partial charge < -0.3 is 0 Å². The molecular formula is C9H15N. The Kier molecular flexibility index (Phi) is 2.77. The van der Waals surface area contributed by atoms with Crippen LogP contribution in [0.4, 0.5) is 0 Å². The number of rotatable bonds is 1. The first-order valence-corrected chi connectivity index (χ1v) is 4.00.